The monoisotopic (exact) mass is 307 g/mol. The first kappa shape index (κ1) is 14.1. The lowest BCUT2D eigenvalue weighted by Crippen LogP contribution is -2.14. The molecule has 0 amide bonds. The van der Waals surface area contributed by atoms with Crippen molar-refractivity contribution in [3.8, 4) is 0 Å². The highest BCUT2D eigenvalue weighted by molar-refractivity contribution is 7.09. The molecule has 0 N–H and O–H groups in total. The summed E-state index contributed by atoms with van der Waals surface area (Å²) in [4.78, 5) is 4.46. The Morgan fingerprint density at radius 2 is 2.25 bits per heavy atom. The molecule has 0 spiro atoms. The van der Waals surface area contributed by atoms with Crippen LogP contribution in [0.2, 0.25) is 0 Å². The lowest BCUT2D eigenvalue weighted by Gasteiger charge is -2.25. The van der Waals surface area contributed by atoms with E-state index >= 15 is 0 Å². The predicted molar refractivity (Wildman–Crippen MR) is 83.4 cm³/mol. The molecule has 4 heteroatoms. The molecule has 1 atom stereocenters. The van der Waals surface area contributed by atoms with Crippen LogP contribution in [0.25, 0.3) is 0 Å². The Labute approximate surface area is 128 Å². The fourth-order valence-corrected chi connectivity index (χ4v) is 3.70. The zero-order valence-corrected chi connectivity index (χ0v) is 12.9. The maximum Gasteiger partial charge on any atom is 0.0951 e. The van der Waals surface area contributed by atoms with Crippen molar-refractivity contribution < 1.29 is 4.74 Å². The molecular formula is C16H18ClNOS. The molecule has 0 saturated carbocycles. The second kappa shape index (κ2) is 6.70. The highest BCUT2D eigenvalue weighted by Gasteiger charge is 2.20. The SMILES string of the molecule is ClCc1csc(CCOC2CCCc3ccccc32)n1. The number of nitrogens with zero attached hydrogens (tertiary/aromatic N) is 1. The van der Waals surface area contributed by atoms with Crippen LogP contribution in [0.1, 0.15) is 40.8 Å². The summed E-state index contributed by atoms with van der Waals surface area (Å²) in [7, 11) is 0. The van der Waals surface area contributed by atoms with Crippen LogP contribution < -0.4 is 0 Å². The Morgan fingerprint density at radius 3 is 3.10 bits per heavy atom. The number of benzene rings is 1. The molecule has 0 saturated heterocycles. The van der Waals surface area contributed by atoms with Crippen LogP contribution in [0.15, 0.2) is 29.6 Å². The third-order valence-electron chi connectivity index (χ3n) is 3.69. The fourth-order valence-electron chi connectivity index (χ4n) is 2.70. The van der Waals surface area contributed by atoms with Crippen molar-refractivity contribution in [3.05, 3.63) is 51.5 Å². The number of hydrogen-bond acceptors (Lipinski definition) is 3. The average Bonchev–Trinajstić information content (AvgIpc) is 2.95. The maximum atomic E-state index is 6.09. The first-order valence-electron chi connectivity index (χ1n) is 7.05. The number of aryl methyl sites for hydroxylation is 1. The Balaban J connectivity index is 1.57. The molecule has 1 aromatic carbocycles. The molecule has 1 heterocycles. The smallest absolute Gasteiger partial charge is 0.0951 e. The summed E-state index contributed by atoms with van der Waals surface area (Å²) in [6.07, 6.45) is 4.66. The van der Waals surface area contributed by atoms with E-state index in [-0.39, 0.29) is 6.10 Å². The minimum absolute atomic E-state index is 0.257. The van der Waals surface area contributed by atoms with Crippen LogP contribution in [0.3, 0.4) is 0 Å². The van der Waals surface area contributed by atoms with Gasteiger partial charge in [0.25, 0.3) is 0 Å². The summed E-state index contributed by atoms with van der Waals surface area (Å²) in [5.41, 5.74) is 3.79. The van der Waals surface area contributed by atoms with Gasteiger partial charge < -0.3 is 4.74 Å². The summed E-state index contributed by atoms with van der Waals surface area (Å²) >= 11 is 7.44. The van der Waals surface area contributed by atoms with E-state index in [2.05, 4.69) is 29.2 Å². The molecule has 1 unspecified atom stereocenters. The Bertz CT molecular complexity index is 569. The summed E-state index contributed by atoms with van der Waals surface area (Å²) < 4.78 is 6.09. The van der Waals surface area contributed by atoms with Gasteiger partial charge in [0.1, 0.15) is 0 Å². The van der Waals surface area contributed by atoms with Crippen LogP contribution in [0.4, 0.5) is 0 Å². The molecule has 0 aliphatic heterocycles. The van der Waals surface area contributed by atoms with E-state index in [0.29, 0.717) is 5.88 Å². The van der Waals surface area contributed by atoms with Gasteiger partial charge in [0, 0.05) is 11.8 Å². The topological polar surface area (TPSA) is 22.1 Å². The van der Waals surface area contributed by atoms with E-state index in [1.165, 1.54) is 24.0 Å². The van der Waals surface area contributed by atoms with Gasteiger partial charge in [-0.05, 0) is 30.4 Å². The zero-order chi connectivity index (χ0) is 13.8. The second-order valence-electron chi connectivity index (χ2n) is 5.07. The van der Waals surface area contributed by atoms with Gasteiger partial charge >= 0.3 is 0 Å². The van der Waals surface area contributed by atoms with Crippen molar-refractivity contribution in [2.45, 2.75) is 37.7 Å². The molecule has 1 aliphatic rings. The number of halogens is 1. The number of hydrogen-bond donors (Lipinski definition) is 0. The van der Waals surface area contributed by atoms with Crippen LogP contribution >= 0.6 is 22.9 Å². The van der Waals surface area contributed by atoms with Crippen molar-refractivity contribution in [1.29, 1.82) is 0 Å². The van der Waals surface area contributed by atoms with Gasteiger partial charge in [0.05, 0.1) is 29.3 Å². The number of ether oxygens (including phenoxy) is 1. The maximum absolute atomic E-state index is 6.09. The fraction of sp³-hybridized carbons (Fsp3) is 0.438. The minimum Gasteiger partial charge on any atom is -0.373 e. The molecule has 106 valence electrons. The molecule has 1 aliphatic carbocycles. The predicted octanol–water partition coefficient (Wildman–Crippen LogP) is 4.52. The van der Waals surface area contributed by atoms with Crippen LogP contribution in [0.5, 0.6) is 0 Å². The third kappa shape index (κ3) is 3.22. The van der Waals surface area contributed by atoms with Gasteiger partial charge in [-0.1, -0.05) is 24.3 Å². The van der Waals surface area contributed by atoms with Crippen molar-refractivity contribution in [2.24, 2.45) is 0 Å². The molecule has 20 heavy (non-hydrogen) atoms. The summed E-state index contributed by atoms with van der Waals surface area (Å²) in [6.45, 7) is 0.730. The van der Waals surface area contributed by atoms with E-state index in [0.717, 1.165) is 30.2 Å². The largest absolute Gasteiger partial charge is 0.373 e. The van der Waals surface area contributed by atoms with Crippen molar-refractivity contribution in [3.63, 3.8) is 0 Å². The molecular weight excluding hydrogens is 290 g/mol. The number of thiazole rings is 1. The third-order valence-corrected chi connectivity index (χ3v) is 4.92. The van der Waals surface area contributed by atoms with Crippen molar-refractivity contribution in [1.82, 2.24) is 4.98 Å². The van der Waals surface area contributed by atoms with Gasteiger partial charge in [-0.3, -0.25) is 0 Å². The molecule has 3 rings (SSSR count). The Morgan fingerprint density at radius 1 is 1.35 bits per heavy atom. The van der Waals surface area contributed by atoms with Gasteiger partial charge in [-0.15, -0.1) is 22.9 Å². The molecule has 1 aromatic heterocycles. The molecule has 0 radical (unpaired) electrons. The second-order valence-corrected chi connectivity index (χ2v) is 6.28. The number of fused-ring (bicyclic) bond motifs is 1. The number of aromatic nitrogens is 1. The Kier molecular flexibility index (Phi) is 4.71. The molecule has 2 nitrogen and oxygen atoms in total. The van der Waals surface area contributed by atoms with Gasteiger partial charge in [-0.2, -0.15) is 0 Å². The molecule has 0 fully saturated rings. The first-order chi connectivity index (χ1) is 9.86. The molecule has 2 aromatic rings. The standard InChI is InChI=1S/C16H18ClNOS/c17-10-13-11-20-16(18-13)8-9-19-15-7-3-5-12-4-1-2-6-14(12)15/h1-2,4,6,11,15H,3,5,7-10H2. The normalized spacial score (nSPS) is 17.9. The van der Waals surface area contributed by atoms with Crippen molar-refractivity contribution >= 4 is 22.9 Å². The van der Waals surface area contributed by atoms with E-state index in [4.69, 9.17) is 16.3 Å². The quantitative estimate of drug-likeness (QED) is 0.758. The van der Waals surface area contributed by atoms with Crippen LogP contribution in [0, 0.1) is 0 Å². The zero-order valence-electron chi connectivity index (χ0n) is 11.3. The van der Waals surface area contributed by atoms with E-state index in [1.807, 2.05) is 5.38 Å². The van der Waals surface area contributed by atoms with Crippen molar-refractivity contribution in [2.75, 3.05) is 6.61 Å². The summed E-state index contributed by atoms with van der Waals surface area (Å²) in [6, 6.07) is 8.64. The van der Waals surface area contributed by atoms with E-state index in [1.54, 1.807) is 11.3 Å². The average molecular weight is 308 g/mol. The summed E-state index contributed by atoms with van der Waals surface area (Å²) in [5.74, 6) is 0.493. The van der Waals surface area contributed by atoms with E-state index < -0.39 is 0 Å². The highest BCUT2D eigenvalue weighted by atomic mass is 35.5. The summed E-state index contributed by atoms with van der Waals surface area (Å²) in [5, 5.41) is 3.14. The van der Waals surface area contributed by atoms with Crippen LogP contribution in [-0.4, -0.2) is 11.6 Å². The Hall–Kier alpha value is -0.900. The van der Waals surface area contributed by atoms with Crippen LogP contribution in [-0.2, 0) is 23.5 Å². The first-order valence-corrected chi connectivity index (χ1v) is 8.47. The minimum atomic E-state index is 0.257. The number of rotatable bonds is 5. The van der Waals surface area contributed by atoms with Gasteiger partial charge in [0.15, 0.2) is 0 Å². The number of alkyl halides is 1. The lowest BCUT2D eigenvalue weighted by molar-refractivity contribution is 0.0427. The van der Waals surface area contributed by atoms with Gasteiger partial charge in [-0.25, -0.2) is 4.98 Å². The highest BCUT2D eigenvalue weighted by Crippen LogP contribution is 2.32. The van der Waals surface area contributed by atoms with E-state index in [9.17, 15) is 0 Å². The van der Waals surface area contributed by atoms with Gasteiger partial charge in [0.2, 0.25) is 0 Å². The lowest BCUT2D eigenvalue weighted by atomic mass is 9.89. The molecule has 0 bridgehead atoms.